The fourth-order valence-electron chi connectivity index (χ4n) is 3.76. The van der Waals surface area contributed by atoms with E-state index < -0.39 is 0 Å². The SMILES string of the molecule is CC1Nc2cnc3[nH]ccc3c2N1[C@H]1CCCC(O)C1. The van der Waals surface area contributed by atoms with Gasteiger partial charge in [-0.2, -0.15) is 0 Å². The summed E-state index contributed by atoms with van der Waals surface area (Å²) in [4.78, 5) is 10.1. The van der Waals surface area contributed by atoms with E-state index in [0.717, 1.165) is 37.0 Å². The van der Waals surface area contributed by atoms with E-state index in [1.54, 1.807) is 0 Å². The number of nitrogens with one attached hydrogen (secondary N) is 2. The molecule has 106 valence electrons. The molecule has 0 aromatic carbocycles. The average molecular weight is 272 g/mol. The second-order valence-electron chi connectivity index (χ2n) is 5.96. The van der Waals surface area contributed by atoms with Crippen molar-refractivity contribution in [3.63, 3.8) is 0 Å². The topological polar surface area (TPSA) is 64.2 Å². The van der Waals surface area contributed by atoms with Crippen molar-refractivity contribution in [2.75, 3.05) is 10.2 Å². The molecule has 2 aromatic rings. The van der Waals surface area contributed by atoms with E-state index in [9.17, 15) is 5.11 Å². The van der Waals surface area contributed by atoms with E-state index in [2.05, 4.69) is 33.2 Å². The molecule has 2 unspecified atom stereocenters. The monoisotopic (exact) mass is 272 g/mol. The van der Waals surface area contributed by atoms with E-state index in [0.29, 0.717) is 6.04 Å². The first-order valence-corrected chi connectivity index (χ1v) is 7.43. The highest BCUT2D eigenvalue weighted by molar-refractivity contribution is 5.99. The van der Waals surface area contributed by atoms with Crippen molar-refractivity contribution in [1.82, 2.24) is 9.97 Å². The molecule has 0 spiro atoms. The summed E-state index contributed by atoms with van der Waals surface area (Å²) in [5.41, 5.74) is 3.27. The second kappa shape index (κ2) is 4.38. The first-order chi connectivity index (χ1) is 9.74. The summed E-state index contributed by atoms with van der Waals surface area (Å²) >= 11 is 0. The first kappa shape index (κ1) is 12.0. The quantitative estimate of drug-likeness (QED) is 0.746. The maximum absolute atomic E-state index is 9.98. The predicted molar refractivity (Wildman–Crippen MR) is 79.9 cm³/mol. The minimum Gasteiger partial charge on any atom is -0.393 e. The Morgan fingerprint density at radius 2 is 2.30 bits per heavy atom. The Morgan fingerprint density at radius 1 is 1.40 bits per heavy atom. The molecule has 5 nitrogen and oxygen atoms in total. The molecule has 3 atom stereocenters. The van der Waals surface area contributed by atoms with Crippen LogP contribution in [0.1, 0.15) is 32.6 Å². The zero-order valence-corrected chi connectivity index (χ0v) is 11.6. The third-order valence-corrected chi connectivity index (χ3v) is 4.61. The molecule has 2 aliphatic rings. The Morgan fingerprint density at radius 3 is 3.15 bits per heavy atom. The number of rotatable bonds is 1. The lowest BCUT2D eigenvalue weighted by Gasteiger charge is -2.37. The van der Waals surface area contributed by atoms with E-state index >= 15 is 0 Å². The molecular formula is C15H20N4O. The summed E-state index contributed by atoms with van der Waals surface area (Å²) in [7, 11) is 0. The van der Waals surface area contributed by atoms with Crippen molar-refractivity contribution in [1.29, 1.82) is 0 Å². The van der Waals surface area contributed by atoms with Crippen molar-refractivity contribution in [3.05, 3.63) is 18.5 Å². The number of nitrogens with zero attached hydrogens (tertiary/aromatic N) is 2. The summed E-state index contributed by atoms with van der Waals surface area (Å²) in [6.07, 6.45) is 7.99. The lowest BCUT2D eigenvalue weighted by Crippen LogP contribution is -2.45. The van der Waals surface area contributed by atoms with E-state index in [4.69, 9.17) is 0 Å². The van der Waals surface area contributed by atoms with Crippen LogP contribution in [0.3, 0.4) is 0 Å². The van der Waals surface area contributed by atoms with Gasteiger partial charge < -0.3 is 20.3 Å². The number of aliphatic hydroxyl groups is 1. The summed E-state index contributed by atoms with van der Waals surface area (Å²) in [5, 5.41) is 14.7. The van der Waals surface area contributed by atoms with Gasteiger partial charge in [-0.05, 0) is 38.7 Å². The van der Waals surface area contributed by atoms with Crippen molar-refractivity contribution in [2.45, 2.75) is 50.9 Å². The third-order valence-electron chi connectivity index (χ3n) is 4.61. The van der Waals surface area contributed by atoms with Crippen LogP contribution in [0.2, 0.25) is 0 Å². The van der Waals surface area contributed by atoms with Crippen LogP contribution in [0.4, 0.5) is 11.4 Å². The van der Waals surface area contributed by atoms with Crippen molar-refractivity contribution in [2.24, 2.45) is 0 Å². The van der Waals surface area contributed by atoms with E-state index in [-0.39, 0.29) is 12.3 Å². The van der Waals surface area contributed by atoms with E-state index in [1.165, 1.54) is 11.1 Å². The number of aliphatic hydroxyl groups excluding tert-OH is 1. The van der Waals surface area contributed by atoms with Gasteiger partial charge in [0, 0.05) is 17.6 Å². The highest BCUT2D eigenvalue weighted by Crippen LogP contribution is 2.42. The average Bonchev–Trinajstić information content (AvgIpc) is 3.00. The van der Waals surface area contributed by atoms with Gasteiger partial charge in [-0.3, -0.25) is 0 Å². The predicted octanol–water partition coefficient (Wildman–Crippen LogP) is 2.44. The maximum Gasteiger partial charge on any atom is 0.139 e. The highest BCUT2D eigenvalue weighted by atomic mass is 16.3. The van der Waals surface area contributed by atoms with Crippen LogP contribution in [0.15, 0.2) is 18.5 Å². The molecule has 0 saturated heterocycles. The Bertz CT molecular complexity index is 638. The molecule has 1 saturated carbocycles. The minimum absolute atomic E-state index is 0.159. The first-order valence-electron chi connectivity index (χ1n) is 7.43. The summed E-state index contributed by atoms with van der Waals surface area (Å²) in [6.45, 7) is 2.18. The van der Waals surface area contributed by atoms with Gasteiger partial charge in [0.25, 0.3) is 0 Å². The Balaban J connectivity index is 1.80. The molecule has 1 fully saturated rings. The van der Waals surface area contributed by atoms with Crippen molar-refractivity contribution >= 4 is 22.4 Å². The van der Waals surface area contributed by atoms with Gasteiger partial charge in [0.2, 0.25) is 0 Å². The van der Waals surface area contributed by atoms with Gasteiger partial charge in [0.1, 0.15) is 5.65 Å². The van der Waals surface area contributed by atoms with Crippen molar-refractivity contribution < 1.29 is 5.11 Å². The smallest absolute Gasteiger partial charge is 0.139 e. The van der Waals surface area contributed by atoms with Crippen LogP contribution >= 0.6 is 0 Å². The molecular weight excluding hydrogens is 252 g/mol. The molecule has 3 heterocycles. The molecule has 0 bridgehead atoms. The zero-order chi connectivity index (χ0) is 13.7. The van der Waals surface area contributed by atoms with Crippen LogP contribution in [-0.2, 0) is 0 Å². The molecule has 5 heteroatoms. The number of hydrogen-bond acceptors (Lipinski definition) is 4. The molecule has 2 aromatic heterocycles. The number of aromatic nitrogens is 2. The molecule has 3 N–H and O–H groups in total. The fourth-order valence-corrected chi connectivity index (χ4v) is 3.76. The number of hydrogen-bond donors (Lipinski definition) is 3. The zero-order valence-electron chi connectivity index (χ0n) is 11.6. The summed E-state index contributed by atoms with van der Waals surface area (Å²) in [6, 6.07) is 2.50. The van der Waals surface area contributed by atoms with Gasteiger partial charge in [-0.1, -0.05) is 0 Å². The number of aromatic amines is 1. The normalized spacial score (nSPS) is 29.5. The largest absolute Gasteiger partial charge is 0.393 e. The molecule has 1 aliphatic heterocycles. The number of anilines is 2. The Kier molecular flexibility index (Phi) is 2.63. The molecule has 0 amide bonds. The van der Waals surface area contributed by atoms with Crippen LogP contribution in [0, 0.1) is 0 Å². The molecule has 20 heavy (non-hydrogen) atoms. The van der Waals surface area contributed by atoms with Gasteiger partial charge in [0.05, 0.1) is 29.8 Å². The molecule has 1 aliphatic carbocycles. The highest BCUT2D eigenvalue weighted by Gasteiger charge is 2.35. The number of H-pyrrole nitrogens is 1. The van der Waals surface area contributed by atoms with Crippen LogP contribution in [0.5, 0.6) is 0 Å². The van der Waals surface area contributed by atoms with Crippen LogP contribution in [-0.4, -0.2) is 33.4 Å². The van der Waals surface area contributed by atoms with Crippen LogP contribution in [0.25, 0.3) is 11.0 Å². The minimum atomic E-state index is -0.159. The van der Waals surface area contributed by atoms with Gasteiger partial charge >= 0.3 is 0 Å². The Hall–Kier alpha value is -1.75. The standard InChI is InChI=1S/C15H20N4O/c1-9-18-13-8-17-15-12(5-6-16-15)14(13)19(9)10-3-2-4-11(20)7-10/h5-6,8-11,18,20H,2-4,7H2,1H3,(H,16,17)/t9?,10-,11?/m0/s1. The third kappa shape index (κ3) is 1.69. The van der Waals surface area contributed by atoms with Crippen molar-refractivity contribution in [3.8, 4) is 0 Å². The fraction of sp³-hybridized carbons (Fsp3) is 0.533. The number of pyridine rings is 1. The molecule has 0 radical (unpaired) electrons. The van der Waals surface area contributed by atoms with Gasteiger partial charge in [-0.25, -0.2) is 4.98 Å². The van der Waals surface area contributed by atoms with Gasteiger partial charge in [0.15, 0.2) is 0 Å². The van der Waals surface area contributed by atoms with Crippen LogP contribution < -0.4 is 10.2 Å². The lowest BCUT2D eigenvalue weighted by atomic mass is 9.91. The lowest BCUT2D eigenvalue weighted by molar-refractivity contribution is 0.117. The number of fused-ring (bicyclic) bond motifs is 3. The molecule has 4 rings (SSSR count). The summed E-state index contributed by atoms with van der Waals surface area (Å²) in [5.74, 6) is 0. The van der Waals surface area contributed by atoms with Gasteiger partial charge in [-0.15, -0.1) is 0 Å². The summed E-state index contributed by atoms with van der Waals surface area (Å²) < 4.78 is 0. The Labute approximate surface area is 118 Å². The second-order valence-corrected chi connectivity index (χ2v) is 5.96. The maximum atomic E-state index is 9.98. The van der Waals surface area contributed by atoms with E-state index in [1.807, 2.05) is 12.4 Å².